The zero-order valence-corrected chi connectivity index (χ0v) is 15.9. The molecule has 2 aromatic heterocycles. The van der Waals surface area contributed by atoms with E-state index in [1.54, 1.807) is 10.8 Å². The fraction of sp³-hybridized carbons (Fsp3) is 0.238. The summed E-state index contributed by atoms with van der Waals surface area (Å²) in [5.41, 5.74) is 2.99. The van der Waals surface area contributed by atoms with Gasteiger partial charge in [-0.25, -0.2) is 9.18 Å². The molecule has 0 spiro atoms. The number of fused-ring (bicyclic) bond motifs is 1. The SMILES string of the molecule is O=C(CSc1nc(=O)n(Cc2ccccn2)c2c1CCC2)c1ccc(F)cc1. The first kappa shape index (κ1) is 18.6. The first-order valence-corrected chi connectivity index (χ1v) is 10.0. The topological polar surface area (TPSA) is 64.8 Å². The second kappa shape index (κ2) is 8.06. The zero-order chi connectivity index (χ0) is 19.5. The number of aromatic nitrogens is 3. The molecule has 1 aliphatic rings. The van der Waals surface area contributed by atoms with Gasteiger partial charge in [-0.3, -0.25) is 14.3 Å². The van der Waals surface area contributed by atoms with Crippen LogP contribution in [0.4, 0.5) is 4.39 Å². The Morgan fingerprint density at radius 3 is 2.71 bits per heavy atom. The van der Waals surface area contributed by atoms with E-state index in [4.69, 9.17) is 0 Å². The highest BCUT2D eigenvalue weighted by Gasteiger charge is 2.23. The van der Waals surface area contributed by atoms with Gasteiger partial charge >= 0.3 is 5.69 Å². The second-order valence-corrected chi connectivity index (χ2v) is 7.57. The third-order valence-electron chi connectivity index (χ3n) is 4.75. The van der Waals surface area contributed by atoms with Crippen molar-refractivity contribution < 1.29 is 9.18 Å². The largest absolute Gasteiger partial charge is 0.349 e. The molecule has 142 valence electrons. The van der Waals surface area contributed by atoms with Crippen LogP contribution in [0.2, 0.25) is 0 Å². The Hall–Kier alpha value is -2.80. The van der Waals surface area contributed by atoms with Gasteiger partial charge in [0.2, 0.25) is 0 Å². The molecule has 0 unspecified atom stereocenters. The number of rotatable bonds is 6. The van der Waals surface area contributed by atoms with Crippen molar-refractivity contribution in [3.63, 3.8) is 0 Å². The molecule has 0 aliphatic heterocycles. The molecule has 0 radical (unpaired) electrons. The number of Topliss-reactive ketones (excluding diaryl/α,β-unsaturated/α-hetero) is 1. The minimum atomic E-state index is -0.375. The lowest BCUT2D eigenvalue weighted by molar-refractivity contribution is 0.102. The average Bonchev–Trinajstić information content (AvgIpc) is 3.20. The van der Waals surface area contributed by atoms with E-state index in [-0.39, 0.29) is 23.0 Å². The smallest absolute Gasteiger partial charge is 0.293 e. The van der Waals surface area contributed by atoms with Crippen molar-refractivity contribution in [2.24, 2.45) is 0 Å². The molecular weight excluding hydrogens is 377 g/mol. The predicted octanol–water partition coefficient (Wildman–Crippen LogP) is 3.29. The van der Waals surface area contributed by atoms with E-state index in [0.29, 0.717) is 17.1 Å². The summed E-state index contributed by atoms with van der Waals surface area (Å²) >= 11 is 1.28. The maximum Gasteiger partial charge on any atom is 0.349 e. The van der Waals surface area contributed by atoms with E-state index >= 15 is 0 Å². The Morgan fingerprint density at radius 1 is 1.14 bits per heavy atom. The van der Waals surface area contributed by atoms with E-state index in [1.807, 2.05) is 18.2 Å². The van der Waals surface area contributed by atoms with Crippen molar-refractivity contribution in [3.05, 3.63) is 87.5 Å². The fourth-order valence-electron chi connectivity index (χ4n) is 3.38. The summed E-state index contributed by atoms with van der Waals surface area (Å²) in [6.07, 6.45) is 4.33. The maximum absolute atomic E-state index is 13.0. The van der Waals surface area contributed by atoms with Crippen LogP contribution in [0.5, 0.6) is 0 Å². The first-order valence-electron chi connectivity index (χ1n) is 9.06. The van der Waals surface area contributed by atoms with Gasteiger partial charge in [0.1, 0.15) is 10.8 Å². The van der Waals surface area contributed by atoms with Gasteiger partial charge in [-0.1, -0.05) is 17.8 Å². The van der Waals surface area contributed by atoms with E-state index in [9.17, 15) is 14.0 Å². The van der Waals surface area contributed by atoms with Gasteiger partial charge in [0.25, 0.3) is 0 Å². The van der Waals surface area contributed by atoms with Gasteiger partial charge in [0.15, 0.2) is 5.78 Å². The van der Waals surface area contributed by atoms with Gasteiger partial charge in [0, 0.05) is 23.0 Å². The monoisotopic (exact) mass is 395 g/mol. The van der Waals surface area contributed by atoms with E-state index in [2.05, 4.69) is 9.97 Å². The molecule has 3 aromatic rings. The lowest BCUT2D eigenvalue weighted by atomic mass is 10.1. The standard InChI is InChI=1S/C21H18FN3O2S/c22-15-9-7-14(8-10-15)19(26)13-28-20-17-5-3-6-18(17)25(21(27)24-20)12-16-4-1-2-11-23-16/h1-2,4,7-11H,3,5-6,12-13H2. The average molecular weight is 395 g/mol. The third-order valence-corrected chi connectivity index (χ3v) is 5.77. The Kier molecular flexibility index (Phi) is 5.34. The minimum absolute atomic E-state index is 0.115. The number of benzene rings is 1. The van der Waals surface area contributed by atoms with Gasteiger partial charge < -0.3 is 0 Å². The molecule has 0 N–H and O–H groups in total. The summed E-state index contributed by atoms with van der Waals surface area (Å²) < 4.78 is 14.7. The molecule has 4 rings (SSSR count). The van der Waals surface area contributed by atoms with Gasteiger partial charge in [-0.05, 0) is 55.7 Å². The Balaban J connectivity index is 1.56. The molecule has 0 fully saturated rings. The molecule has 7 heteroatoms. The summed E-state index contributed by atoms with van der Waals surface area (Å²) in [5, 5.41) is 0.630. The molecule has 2 heterocycles. The lowest BCUT2D eigenvalue weighted by Gasteiger charge is -2.13. The van der Waals surface area contributed by atoms with Crippen molar-refractivity contribution in [1.29, 1.82) is 0 Å². The van der Waals surface area contributed by atoms with Crippen LogP contribution in [0.25, 0.3) is 0 Å². The van der Waals surface area contributed by atoms with Crippen LogP contribution in [-0.2, 0) is 19.4 Å². The summed E-state index contributed by atoms with van der Waals surface area (Å²) in [4.78, 5) is 33.5. The van der Waals surface area contributed by atoms with Crippen molar-refractivity contribution in [3.8, 4) is 0 Å². The highest BCUT2D eigenvalue weighted by Crippen LogP contribution is 2.29. The zero-order valence-electron chi connectivity index (χ0n) is 15.1. The van der Waals surface area contributed by atoms with Crippen LogP contribution in [0.1, 0.15) is 33.7 Å². The van der Waals surface area contributed by atoms with Crippen LogP contribution in [0.3, 0.4) is 0 Å². The number of pyridine rings is 1. The summed E-state index contributed by atoms with van der Waals surface area (Å²) in [6.45, 7) is 0.397. The Bertz CT molecular complexity index is 1070. The van der Waals surface area contributed by atoms with Crippen molar-refractivity contribution in [2.45, 2.75) is 30.8 Å². The number of hydrogen-bond donors (Lipinski definition) is 0. The molecule has 0 saturated heterocycles. The van der Waals surface area contributed by atoms with Crippen LogP contribution in [0, 0.1) is 5.82 Å². The summed E-state index contributed by atoms with van der Waals surface area (Å²) in [6, 6.07) is 11.1. The molecule has 0 amide bonds. The molecule has 1 aliphatic carbocycles. The third kappa shape index (κ3) is 3.89. The molecular formula is C21H18FN3O2S. The van der Waals surface area contributed by atoms with Crippen LogP contribution < -0.4 is 5.69 Å². The highest BCUT2D eigenvalue weighted by atomic mass is 32.2. The van der Waals surface area contributed by atoms with Crippen molar-refractivity contribution in [2.75, 3.05) is 5.75 Å². The number of carbonyl (C=O) groups is 1. The number of nitrogens with zero attached hydrogens (tertiary/aromatic N) is 3. The highest BCUT2D eigenvalue weighted by molar-refractivity contribution is 8.00. The first-order chi connectivity index (χ1) is 13.6. The molecule has 1 aromatic carbocycles. The van der Waals surface area contributed by atoms with Crippen LogP contribution in [-0.4, -0.2) is 26.1 Å². The predicted molar refractivity (Wildman–Crippen MR) is 105 cm³/mol. The minimum Gasteiger partial charge on any atom is -0.293 e. The van der Waals surface area contributed by atoms with Crippen LogP contribution in [0.15, 0.2) is 58.5 Å². The quantitative estimate of drug-likeness (QED) is 0.364. The van der Waals surface area contributed by atoms with E-state index in [0.717, 1.165) is 36.2 Å². The van der Waals surface area contributed by atoms with Crippen molar-refractivity contribution in [1.82, 2.24) is 14.5 Å². The Morgan fingerprint density at radius 2 is 1.96 bits per heavy atom. The molecule has 0 saturated carbocycles. The molecule has 0 atom stereocenters. The molecule has 28 heavy (non-hydrogen) atoms. The van der Waals surface area contributed by atoms with Crippen LogP contribution >= 0.6 is 11.8 Å². The second-order valence-electron chi connectivity index (χ2n) is 6.60. The normalized spacial score (nSPS) is 12.8. The van der Waals surface area contributed by atoms with Gasteiger partial charge in [-0.15, -0.1) is 0 Å². The molecule has 5 nitrogen and oxygen atoms in total. The van der Waals surface area contributed by atoms with Crippen molar-refractivity contribution >= 4 is 17.5 Å². The van der Waals surface area contributed by atoms with Gasteiger partial charge in [-0.2, -0.15) is 4.98 Å². The summed E-state index contributed by atoms with van der Waals surface area (Å²) in [5.74, 6) is -0.328. The lowest BCUT2D eigenvalue weighted by Crippen LogP contribution is -2.28. The number of carbonyl (C=O) groups excluding carboxylic acids is 1. The Labute approximate surface area is 165 Å². The maximum atomic E-state index is 13.0. The fourth-order valence-corrected chi connectivity index (χ4v) is 4.35. The number of hydrogen-bond acceptors (Lipinski definition) is 5. The van der Waals surface area contributed by atoms with E-state index in [1.165, 1.54) is 36.0 Å². The number of halogens is 1. The van der Waals surface area contributed by atoms with Gasteiger partial charge in [0.05, 0.1) is 18.0 Å². The molecule has 0 bridgehead atoms. The number of ketones is 1. The van der Waals surface area contributed by atoms with E-state index < -0.39 is 0 Å². The summed E-state index contributed by atoms with van der Waals surface area (Å²) in [7, 11) is 0. The number of thioether (sulfide) groups is 1.